The number of nitrogens with one attached hydrogen (secondary N) is 2. The predicted molar refractivity (Wildman–Crippen MR) is 57.2 cm³/mol. The van der Waals surface area contributed by atoms with Crippen molar-refractivity contribution in [1.82, 2.24) is 10.0 Å². The van der Waals surface area contributed by atoms with Gasteiger partial charge in [-0.2, -0.15) is 0 Å². The van der Waals surface area contributed by atoms with Gasteiger partial charge in [0.05, 0.1) is 0 Å². The molecule has 86 valence electrons. The molecule has 1 aromatic heterocycles. The number of likely N-dealkylation sites (N-methyl/N-ethyl adjacent to an activating group) is 1. The standard InChI is InChI=1S/C9H16N2O3S/c1-3-10-6-7-11-15(12,13)9-5-4-8(2)14-9/h4-5,10-11H,3,6-7H2,1-2H3. The van der Waals surface area contributed by atoms with Gasteiger partial charge in [0, 0.05) is 13.1 Å². The molecule has 2 N–H and O–H groups in total. The maximum atomic E-state index is 11.6. The van der Waals surface area contributed by atoms with E-state index < -0.39 is 10.0 Å². The summed E-state index contributed by atoms with van der Waals surface area (Å²) in [7, 11) is -3.48. The van der Waals surface area contributed by atoms with Gasteiger partial charge in [-0.25, -0.2) is 13.1 Å². The number of aryl methyl sites for hydroxylation is 1. The molecule has 0 saturated carbocycles. The molecule has 0 aliphatic carbocycles. The Balaban J connectivity index is 2.53. The van der Waals surface area contributed by atoms with Crippen LogP contribution in [0.25, 0.3) is 0 Å². The molecule has 0 spiro atoms. The van der Waals surface area contributed by atoms with Gasteiger partial charge in [0.15, 0.2) is 0 Å². The largest absolute Gasteiger partial charge is 0.449 e. The Morgan fingerprint density at radius 1 is 1.33 bits per heavy atom. The van der Waals surface area contributed by atoms with Crippen LogP contribution in [0.1, 0.15) is 12.7 Å². The van der Waals surface area contributed by atoms with Crippen LogP contribution in [-0.4, -0.2) is 28.1 Å². The minimum Gasteiger partial charge on any atom is -0.449 e. The highest BCUT2D eigenvalue weighted by molar-refractivity contribution is 7.89. The molecule has 0 saturated heterocycles. The number of furan rings is 1. The van der Waals surface area contributed by atoms with Gasteiger partial charge in [-0.15, -0.1) is 0 Å². The average molecular weight is 232 g/mol. The van der Waals surface area contributed by atoms with Crippen LogP contribution in [0.4, 0.5) is 0 Å². The first kappa shape index (κ1) is 12.2. The van der Waals surface area contributed by atoms with E-state index >= 15 is 0 Å². The molecule has 1 aromatic rings. The highest BCUT2D eigenvalue weighted by Crippen LogP contribution is 2.11. The van der Waals surface area contributed by atoms with Crippen molar-refractivity contribution < 1.29 is 12.8 Å². The molecule has 0 unspecified atom stereocenters. The molecule has 0 bridgehead atoms. The molecule has 0 atom stereocenters. The van der Waals surface area contributed by atoms with E-state index in [0.29, 0.717) is 18.8 Å². The molecule has 5 nitrogen and oxygen atoms in total. The van der Waals surface area contributed by atoms with Gasteiger partial charge in [-0.05, 0) is 25.6 Å². The van der Waals surface area contributed by atoms with Gasteiger partial charge < -0.3 is 9.73 Å². The van der Waals surface area contributed by atoms with Gasteiger partial charge in [0.25, 0.3) is 10.0 Å². The molecule has 0 fully saturated rings. The van der Waals surface area contributed by atoms with Crippen LogP contribution in [0.15, 0.2) is 21.6 Å². The highest BCUT2D eigenvalue weighted by Gasteiger charge is 2.16. The molecule has 15 heavy (non-hydrogen) atoms. The summed E-state index contributed by atoms with van der Waals surface area (Å²) in [6, 6.07) is 3.07. The maximum Gasteiger partial charge on any atom is 0.274 e. The van der Waals surface area contributed by atoms with Crippen molar-refractivity contribution in [2.24, 2.45) is 0 Å². The minimum absolute atomic E-state index is 0.0310. The lowest BCUT2D eigenvalue weighted by atomic mass is 10.5. The molecular weight excluding hydrogens is 216 g/mol. The third kappa shape index (κ3) is 3.65. The zero-order valence-electron chi connectivity index (χ0n) is 8.91. The Kier molecular flexibility index (Phi) is 4.31. The SMILES string of the molecule is CCNCCNS(=O)(=O)c1ccc(C)o1. The predicted octanol–water partition coefficient (Wildman–Crippen LogP) is 0.476. The van der Waals surface area contributed by atoms with E-state index in [-0.39, 0.29) is 5.09 Å². The van der Waals surface area contributed by atoms with Crippen molar-refractivity contribution in [2.75, 3.05) is 19.6 Å². The average Bonchev–Trinajstić information content (AvgIpc) is 2.60. The van der Waals surface area contributed by atoms with Crippen LogP contribution in [0.2, 0.25) is 0 Å². The van der Waals surface area contributed by atoms with Gasteiger partial charge in [-0.1, -0.05) is 6.92 Å². The molecule has 6 heteroatoms. The fourth-order valence-electron chi connectivity index (χ4n) is 1.08. The van der Waals surface area contributed by atoms with Crippen LogP contribution < -0.4 is 10.0 Å². The second kappa shape index (κ2) is 5.29. The van der Waals surface area contributed by atoms with Gasteiger partial charge >= 0.3 is 0 Å². The van der Waals surface area contributed by atoms with Gasteiger partial charge in [-0.3, -0.25) is 0 Å². The smallest absolute Gasteiger partial charge is 0.274 e. The van der Waals surface area contributed by atoms with Gasteiger partial charge in [0.2, 0.25) is 5.09 Å². The zero-order chi connectivity index (χ0) is 11.3. The topological polar surface area (TPSA) is 71.3 Å². The van der Waals surface area contributed by atoms with Crippen molar-refractivity contribution in [3.05, 3.63) is 17.9 Å². The fourth-order valence-corrected chi connectivity index (χ4v) is 2.08. The summed E-state index contributed by atoms with van der Waals surface area (Å²) >= 11 is 0. The van der Waals surface area contributed by atoms with Crippen LogP contribution in [0, 0.1) is 6.92 Å². The summed E-state index contributed by atoms with van der Waals surface area (Å²) in [6.07, 6.45) is 0. The highest BCUT2D eigenvalue weighted by atomic mass is 32.2. The van der Waals surface area contributed by atoms with Crippen molar-refractivity contribution in [1.29, 1.82) is 0 Å². The van der Waals surface area contributed by atoms with E-state index in [1.165, 1.54) is 6.07 Å². The molecule has 0 radical (unpaired) electrons. The summed E-state index contributed by atoms with van der Waals surface area (Å²) in [5.41, 5.74) is 0. The third-order valence-corrected chi connectivity index (χ3v) is 3.16. The molecule has 0 aromatic carbocycles. The van der Waals surface area contributed by atoms with Crippen molar-refractivity contribution in [3.8, 4) is 0 Å². The van der Waals surface area contributed by atoms with E-state index in [9.17, 15) is 8.42 Å². The fraction of sp³-hybridized carbons (Fsp3) is 0.556. The molecule has 1 rings (SSSR count). The number of sulfonamides is 1. The maximum absolute atomic E-state index is 11.6. The van der Waals surface area contributed by atoms with E-state index in [1.807, 2.05) is 6.92 Å². The minimum atomic E-state index is -3.48. The van der Waals surface area contributed by atoms with Crippen molar-refractivity contribution >= 4 is 10.0 Å². The van der Waals surface area contributed by atoms with Crippen LogP contribution in [-0.2, 0) is 10.0 Å². The Morgan fingerprint density at radius 3 is 2.60 bits per heavy atom. The lowest BCUT2D eigenvalue weighted by Crippen LogP contribution is -2.31. The van der Waals surface area contributed by atoms with E-state index in [1.54, 1.807) is 13.0 Å². The first-order valence-electron chi connectivity index (χ1n) is 4.83. The first-order chi connectivity index (χ1) is 7.06. The Labute approximate surface area is 89.9 Å². The molecule has 0 aliphatic rings. The Hall–Kier alpha value is -0.850. The lowest BCUT2D eigenvalue weighted by molar-refractivity contribution is 0.425. The summed E-state index contributed by atoms with van der Waals surface area (Å²) in [4.78, 5) is 0. The normalized spacial score (nSPS) is 11.9. The Morgan fingerprint density at radius 2 is 2.07 bits per heavy atom. The lowest BCUT2D eigenvalue weighted by Gasteiger charge is -2.04. The summed E-state index contributed by atoms with van der Waals surface area (Å²) in [5.74, 6) is 0.585. The summed E-state index contributed by atoms with van der Waals surface area (Å²) in [5, 5.41) is 2.99. The Bertz CT molecular complexity index is 397. The van der Waals surface area contributed by atoms with Crippen molar-refractivity contribution in [3.63, 3.8) is 0 Å². The van der Waals surface area contributed by atoms with Gasteiger partial charge in [0.1, 0.15) is 5.76 Å². The van der Waals surface area contributed by atoms with Crippen LogP contribution in [0.5, 0.6) is 0 Å². The summed E-state index contributed by atoms with van der Waals surface area (Å²) < 4.78 is 30.6. The zero-order valence-corrected chi connectivity index (χ0v) is 9.73. The number of hydrogen-bond donors (Lipinski definition) is 2. The van der Waals surface area contributed by atoms with Crippen LogP contribution in [0.3, 0.4) is 0 Å². The monoisotopic (exact) mass is 232 g/mol. The quantitative estimate of drug-likeness (QED) is 0.700. The molecule has 1 heterocycles. The van der Waals surface area contributed by atoms with E-state index in [2.05, 4.69) is 10.0 Å². The number of hydrogen-bond acceptors (Lipinski definition) is 4. The second-order valence-electron chi connectivity index (χ2n) is 3.12. The first-order valence-corrected chi connectivity index (χ1v) is 6.31. The second-order valence-corrected chi connectivity index (χ2v) is 4.81. The number of rotatable bonds is 6. The van der Waals surface area contributed by atoms with Crippen molar-refractivity contribution in [2.45, 2.75) is 18.9 Å². The van der Waals surface area contributed by atoms with E-state index in [0.717, 1.165) is 6.54 Å². The summed E-state index contributed by atoms with van der Waals surface area (Å²) in [6.45, 7) is 5.45. The van der Waals surface area contributed by atoms with E-state index in [4.69, 9.17) is 4.42 Å². The molecule has 0 amide bonds. The molecule has 0 aliphatic heterocycles. The third-order valence-electron chi connectivity index (χ3n) is 1.82. The molecular formula is C9H16N2O3S. The van der Waals surface area contributed by atoms with Crippen LogP contribution >= 0.6 is 0 Å².